The Hall–Kier alpha value is -4.14. The molecule has 0 spiro atoms. The van der Waals surface area contributed by atoms with Gasteiger partial charge in [0.05, 0.1) is 10.6 Å². The van der Waals surface area contributed by atoms with Crippen LogP contribution in [0, 0.1) is 20.8 Å². The first-order chi connectivity index (χ1) is 22.0. The summed E-state index contributed by atoms with van der Waals surface area (Å²) in [5.74, 6) is -0.836. The Kier molecular flexibility index (Phi) is 12.0. The van der Waals surface area contributed by atoms with E-state index in [1.165, 1.54) is 4.90 Å². The number of halogens is 1. The van der Waals surface area contributed by atoms with E-state index in [0.717, 1.165) is 39.4 Å². The largest absolute Gasteiger partial charge is 0.354 e. The van der Waals surface area contributed by atoms with E-state index in [1.54, 1.807) is 54.6 Å². The van der Waals surface area contributed by atoms with Crippen LogP contribution in [-0.4, -0.2) is 44.3 Å². The van der Waals surface area contributed by atoms with E-state index in [4.69, 9.17) is 11.6 Å². The number of hydrogen-bond acceptors (Lipinski definition) is 4. The van der Waals surface area contributed by atoms with Crippen LogP contribution in [-0.2, 0) is 32.6 Å². The van der Waals surface area contributed by atoms with Crippen molar-refractivity contribution >= 4 is 39.1 Å². The van der Waals surface area contributed by atoms with Gasteiger partial charge in [0, 0.05) is 24.5 Å². The fourth-order valence-electron chi connectivity index (χ4n) is 5.12. The van der Waals surface area contributed by atoms with Gasteiger partial charge in [0.15, 0.2) is 0 Å². The molecule has 9 heteroatoms. The number of anilines is 1. The molecule has 0 aliphatic carbocycles. The Bertz CT molecular complexity index is 1740. The zero-order valence-electron chi connectivity index (χ0n) is 26.9. The summed E-state index contributed by atoms with van der Waals surface area (Å²) < 4.78 is 29.6. The third-order valence-electron chi connectivity index (χ3n) is 8.07. The summed E-state index contributed by atoms with van der Waals surface area (Å²) in [7, 11) is -4.17. The highest BCUT2D eigenvalue weighted by molar-refractivity contribution is 7.92. The first-order valence-electron chi connectivity index (χ1n) is 15.5. The summed E-state index contributed by atoms with van der Waals surface area (Å²) in [5.41, 5.74) is 4.68. The zero-order chi connectivity index (χ0) is 33.3. The topological polar surface area (TPSA) is 86.8 Å². The van der Waals surface area contributed by atoms with E-state index in [2.05, 4.69) is 5.32 Å². The molecule has 4 aromatic carbocycles. The molecule has 0 fully saturated rings. The maximum absolute atomic E-state index is 14.6. The monoisotopic (exact) mass is 659 g/mol. The van der Waals surface area contributed by atoms with Crippen LogP contribution in [0.2, 0.25) is 5.02 Å². The van der Waals surface area contributed by atoms with Crippen LogP contribution in [0.25, 0.3) is 0 Å². The Balaban J connectivity index is 1.81. The number of sulfonamides is 1. The molecule has 7 nitrogen and oxygen atoms in total. The van der Waals surface area contributed by atoms with Gasteiger partial charge >= 0.3 is 0 Å². The molecule has 1 N–H and O–H groups in total. The SMILES string of the molecule is CCCCNC(=O)[C@H](Cc1ccccc1)N(Cc1ccccc1Cl)C(=O)CN(c1ccc(C)c(C)c1)S(=O)(=O)c1ccc(C)cc1. The standard InChI is InChI=1S/C37H42ClN3O4S/c1-5-6-22-39-37(43)35(24-30-12-8-7-9-13-30)40(25-31-14-10-11-15-34(31)38)36(42)26-41(32-19-18-28(3)29(4)23-32)46(44,45)33-20-16-27(2)17-21-33/h7-21,23,35H,5-6,22,24-26H2,1-4H3,(H,39,43)/t35-/m0/s1. The quantitative estimate of drug-likeness (QED) is 0.148. The van der Waals surface area contributed by atoms with Crippen LogP contribution in [0.15, 0.2) is 102 Å². The minimum absolute atomic E-state index is 0.0164. The number of rotatable bonds is 14. The lowest BCUT2D eigenvalue weighted by atomic mass is 10.0. The third-order valence-corrected chi connectivity index (χ3v) is 10.2. The van der Waals surface area contributed by atoms with Gasteiger partial charge in [-0.1, -0.05) is 97.2 Å². The molecule has 0 aliphatic heterocycles. The Morgan fingerprint density at radius 1 is 0.848 bits per heavy atom. The Morgan fingerprint density at radius 3 is 2.17 bits per heavy atom. The van der Waals surface area contributed by atoms with Gasteiger partial charge in [-0.2, -0.15) is 0 Å². The maximum Gasteiger partial charge on any atom is 0.264 e. The predicted octanol–water partition coefficient (Wildman–Crippen LogP) is 7.02. The van der Waals surface area contributed by atoms with Crippen LogP contribution < -0.4 is 9.62 Å². The van der Waals surface area contributed by atoms with Crippen molar-refractivity contribution in [1.29, 1.82) is 0 Å². The number of aryl methyl sites for hydroxylation is 3. The summed E-state index contributed by atoms with van der Waals surface area (Å²) in [6.45, 7) is 7.73. The Morgan fingerprint density at radius 2 is 1.52 bits per heavy atom. The van der Waals surface area contributed by atoms with Gasteiger partial charge in [0.1, 0.15) is 12.6 Å². The zero-order valence-corrected chi connectivity index (χ0v) is 28.4. The first kappa shape index (κ1) is 34.7. The van der Waals surface area contributed by atoms with Crippen LogP contribution >= 0.6 is 11.6 Å². The highest BCUT2D eigenvalue weighted by atomic mass is 35.5. The van der Waals surface area contributed by atoms with E-state index in [9.17, 15) is 18.0 Å². The van der Waals surface area contributed by atoms with Crippen molar-refractivity contribution in [2.75, 3.05) is 17.4 Å². The van der Waals surface area contributed by atoms with Gasteiger partial charge in [-0.25, -0.2) is 8.42 Å². The predicted molar refractivity (Wildman–Crippen MR) is 185 cm³/mol. The molecule has 4 rings (SSSR count). The lowest BCUT2D eigenvalue weighted by Crippen LogP contribution is -2.53. The van der Waals surface area contributed by atoms with Gasteiger partial charge in [-0.15, -0.1) is 0 Å². The smallest absolute Gasteiger partial charge is 0.264 e. The number of nitrogens with one attached hydrogen (secondary N) is 1. The summed E-state index contributed by atoms with van der Waals surface area (Å²) in [6, 6.07) is 27.6. The molecular formula is C37H42ClN3O4S. The van der Waals surface area contributed by atoms with Crippen molar-refractivity contribution < 1.29 is 18.0 Å². The number of nitrogens with zero attached hydrogens (tertiary/aromatic N) is 2. The maximum atomic E-state index is 14.6. The second-order valence-electron chi connectivity index (χ2n) is 11.6. The third kappa shape index (κ3) is 8.77. The molecular weight excluding hydrogens is 618 g/mol. The van der Waals surface area contributed by atoms with Crippen LogP contribution in [0.4, 0.5) is 5.69 Å². The number of unbranched alkanes of at least 4 members (excludes halogenated alkanes) is 1. The average Bonchev–Trinajstić information content (AvgIpc) is 3.04. The van der Waals surface area contributed by atoms with E-state index >= 15 is 0 Å². The summed E-state index contributed by atoms with van der Waals surface area (Å²) >= 11 is 6.57. The van der Waals surface area contributed by atoms with Crippen molar-refractivity contribution in [3.8, 4) is 0 Å². The molecule has 0 bridgehead atoms. The van der Waals surface area contributed by atoms with Crippen LogP contribution in [0.1, 0.15) is 47.6 Å². The van der Waals surface area contributed by atoms with E-state index in [-0.39, 0.29) is 23.8 Å². The van der Waals surface area contributed by atoms with Gasteiger partial charge in [0.25, 0.3) is 10.0 Å². The van der Waals surface area contributed by atoms with Crippen molar-refractivity contribution in [2.45, 2.75) is 64.4 Å². The fraction of sp³-hybridized carbons (Fsp3) is 0.297. The lowest BCUT2D eigenvalue weighted by molar-refractivity contribution is -0.140. The Labute approximate surface area is 278 Å². The fourth-order valence-corrected chi connectivity index (χ4v) is 6.72. The number of amides is 2. The minimum atomic E-state index is -4.17. The first-order valence-corrected chi connectivity index (χ1v) is 17.3. The highest BCUT2D eigenvalue weighted by Gasteiger charge is 2.35. The second-order valence-corrected chi connectivity index (χ2v) is 13.8. The molecule has 0 aromatic heterocycles. The molecule has 2 amide bonds. The molecule has 46 heavy (non-hydrogen) atoms. The number of hydrogen-bond donors (Lipinski definition) is 1. The number of benzene rings is 4. The second kappa shape index (κ2) is 15.9. The minimum Gasteiger partial charge on any atom is -0.354 e. The molecule has 1 atom stereocenters. The molecule has 0 saturated heterocycles. The summed E-state index contributed by atoms with van der Waals surface area (Å²) in [6.07, 6.45) is 1.93. The summed E-state index contributed by atoms with van der Waals surface area (Å²) in [4.78, 5) is 30.0. The van der Waals surface area contributed by atoms with Gasteiger partial charge in [0.2, 0.25) is 11.8 Å². The number of carbonyl (C=O) groups is 2. The molecule has 4 aromatic rings. The molecule has 0 radical (unpaired) electrons. The lowest BCUT2D eigenvalue weighted by Gasteiger charge is -2.34. The van der Waals surface area contributed by atoms with Crippen molar-refractivity contribution in [3.63, 3.8) is 0 Å². The van der Waals surface area contributed by atoms with Crippen LogP contribution in [0.5, 0.6) is 0 Å². The molecule has 0 saturated carbocycles. The average molecular weight is 660 g/mol. The van der Waals surface area contributed by atoms with E-state index in [0.29, 0.717) is 22.8 Å². The van der Waals surface area contributed by atoms with Crippen LogP contribution in [0.3, 0.4) is 0 Å². The van der Waals surface area contributed by atoms with Gasteiger partial charge in [-0.3, -0.25) is 13.9 Å². The number of carbonyl (C=O) groups excluding carboxylic acids is 2. The molecule has 0 heterocycles. The van der Waals surface area contributed by atoms with E-state index < -0.39 is 28.5 Å². The van der Waals surface area contributed by atoms with Crippen molar-refractivity contribution in [1.82, 2.24) is 10.2 Å². The normalized spacial score (nSPS) is 11.9. The molecule has 0 unspecified atom stereocenters. The van der Waals surface area contributed by atoms with E-state index in [1.807, 2.05) is 70.2 Å². The van der Waals surface area contributed by atoms with Gasteiger partial charge < -0.3 is 10.2 Å². The molecule has 242 valence electrons. The van der Waals surface area contributed by atoms with Crippen molar-refractivity contribution in [3.05, 3.63) is 130 Å². The summed E-state index contributed by atoms with van der Waals surface area (Å²) in [5, 5.41) is 3.45. The van der Waals surface area contributed by atoms with Crippen molar-refractivity contribution in [2.24, 2.45) is 0 Å². The van der Waals surface area contributed by atoms with Gasteiger partial charge in [-0.05, 0) is 79.8 Å². The molecule has 0 aliphatic rings. The highest BCUT2D eigenvalue weighted by Crippen LogP contribution is 2.28.